The topological polar surface area (TPSA) is 103 Å². The molecule has 10 heteroatoms. The van der Waals surface area contributed by atoms with E-state index in [-0.39, 0.29) is 34.3 Å². The van der Waals surface area contributed by atoms with Crippen molar-refractivity contribution in [2.45, 2.75) is 0 Å². The van der Waals surface area contributed by atoms with Gasteiger partial charge >= 0.3 is 0 Å². The summed E-state index contributed by atoms with van der Waals surface area (Å²) < 4.78 is 10.6. The summed E-state index contributed by atoms with van der Waals surface area (Å²) in [5.74, 6) is 0.921. The van der Waals surface area contributed by atoms with Gasteiger partial charge in [-0.2, -0.15) is 0 Å². The van der Waals surface area contributed by atoms with Crippen LogP contribution in [0.4, 0.5) is 11.4 Å². The Morgan fingerprint density at radius 3 is 2.85 bits per heavy atom. The summed E-state index contributed by atoms with van der Waals surface area (Å²) in [7, 11) is 0. The van der Waals surface area contributed by atoms with Crippen molar-refractivity contribution in [1.29, 1.82) is 0 Å². The van der Waals surface area contributed by atoms with Gasteiger partial charge in [-0.15, -0.1) is 0 Å². The van der Waals surface area contributed by atoms with Crippen LogP contribution in [0.3, 0.4) is 0 Å². The Hall–Kier alpha value is -3.04. The SMILES string of the molecule is O=C1NC(=Nc2ccc(Cl)cc2[N+](=O)[O-])S/C1=C/c1ccc2c(c1)OCO2. The summed E-state index contributed by atoms with van der Waals surface area (Å²) in [6, 6.07) is 9.47. The molecule has 0 atom stereocenters. The Morgan fingerprint density at radius 1 is 1.22 bits per heavy atom. The molecule has 1 fully saturated rings. The van der Waals surface area contributed by atoms with E-state index in [1.165, 1.54) is 18.2 Å². The van der Waals surface area contributed by atoms with E-state index in [0.29, 0.717) is 16.4 Å². The first-order valence-electron chi connectivity index (χ1n) is 7.63. The van der Waals surface area contributed by atoms with Crippen molar-refractivity contribution < 1.29 is 19.2 Å². The third-order valence-corrected chi connectivity index (χ3v) is 4.85. The summed E-state index contributed by atoms with van der Waals surface area (Å²) >= 11 is 6.89. The van der Waals surface area contributed by atoms with Crippen molar-refractivity contribution >= 4 is 51.9 Å². The van der Waals surface area contributed by atoms with Crippen molar-refractivity contribution in [3.63, 3.8) is 0 Å². The fraction of sp³-hybridized carbons (Fsp3) is 0.0588. The van der Waals surface area contributed by atoms with E-state index >= 15 is 0 Å². The van der Waals surface area contributed by atoms with Gasteiger partial charge in [-0.1, -0.05) is 17.7 Å². The fourth-order valence-electron chi connectivity index (χ4n) is 2.48. The number of hydrogen-bond acceptors (Lipinski definition) is 7. The smallest absolute Gasteiger partial charge is 0.296 e. The molecule has 8 nitrogen and oxygen atoms in total. The van der Waals surface area contributed by atoms with Gasteiger partial charge in [0.25, 0.3) is 11.6 Å². The van der Waals surface area contributed by atoms with Crippen molar-refractivity contribution in [1.82, 2.24) is 5.32 Å². The van der Waals surface area contributed by atoms with Gasteiger partial charge in [-0.05, 0) is 47.7 Å². The molecule has 0 bridgehead atoms. The number of amides is 1. The van der Waals surface area contributed by atoms with E-state index in [0.717, 1.165) is 17.3 Å². The van der Waals surface area contributed by atoms with Gasteiger partial charge < -0.3 is 14.8 Å². The Balaban J connectivity index is 1.61. The van der Waals surface area contributed by atoms with Crippen LogP contribution in [-0.4, -0.2) is 22.8 Å². The van der Waals surface area contributed by atoms with Crippen molar-refractivity contribution in [2.75, 3.05) is 6.79 Å². The molecule has 2 aromatic rings. The monoisotopic (exact) mass is 403 g/mol. The minimum atomic E-state index is -0.573. The van der Waals surface area contributed by atoms with Gasteiger partial charge in [0.15, 0.2) is 16.7 Å². The minimum absolute atomic E-state index is 0.108. The number of nitrogens with zero attached hydrogens (tertiary/aromatic N) is 2. The van der Waals surface area contributed by atoms with Gasteiger partial charge in [0.2, 0.25) is 6.79 Å². The molecule has 2 aliphatic heterocycles. The molecular formula is C17H10ClN3O5S. The first kappa shape index (κ1) is 17.4. The predicted molar refractivity (Wildman–Crippen MR) is 101 cm³/mol. The number of benzene rings is 2. The number of nitro benzene ring substituents is 1. The number of ether oxygens (including phenoxy) is 2. The second-order valence-electron chi connectivity index (χ2n) is 5.48. The van der Waals surface area contributed by atoms with E-state index in [9.17, 15) is 14.9 Å². The molecule has 2 heterocycles. The molecule has 0 spiro atoms. The molecule has 0 radical (unpaired) electrons. The summed E-state index contributed by atoms with van der Waals surface area (Å²) in [6.07, 6.45) is 1.68. The highest BCUT2D eigenvalue weighted by Gasteiger charge is 2.25. The lowest BCUT2D eigenvalue weighted by atomic mass is 10.2. The fourth-order valence-corrected chi connectivity index (χ4v) is 3.48. The third kappa shape index (κ3) is 3.60. The van der Waals surface area contributed by atoms with Crippen LogP contribution >= 0.6 is 23.4 Å². The molecule has 136 valence electrons. The van der Waals surface area contributed by atoms with Crippen molar-refractivity contribution in [3.05, 3.63) is 62.0 Å². The van der Waals surface area contributed by atoms with Gasteiger partial charge in [-0.3, -0.25) is 14.9 Å². The largest absolute Gasteiger partial charge is 0.454 e. The van der Waals surface area contributed by atoms with Crippen LogP contribution in [0, 0.1) is 10.1 Å². The average molecular weight is 404 g/mol. The second-order valence-corrected chi connectivity index (χ2v) is 6.95. The lowest BCUT2D eigenvalue weighted by Crippen LogP contribution is -2.19. The van der Waals surface area contributed by atoms with Crippen LogP contribution in [-0.2, 0) is 4.79 Å². The molecule has 2 aromatic carbocycles. The number of carbonyl (C=O) groups is 1. The molecule has 1 amide bonds. The van der Waals surface area contributed by atoms with Gasteiger partial charge in [-0.25, -0.2) is 4.99 Å². The van der Waals surface area contributed by atoms with E-state index in [4.69, 9.17) is 21.1 Å². The van der Waals surface area contributed by atoms with Crippen molar-refractivity contribution in [3.8, 4) is 11.5 Å². The lowest BCUT2D eigenvalue weighted by molar-refractivity contribution is -0.384. The molecule has 0 aliphatic carbocycles. The number of nitro groups is 1. The zero-order valence-electron chi connectivity index (χ0n) is 13.5. The number of carbonyl (C=O) groups excluding carboxylic acids is 1. The number of thioether (sulfide) groups is 1. The van der Waals surface area contributed by atoms with Crippen LogP contribution < -0.4 is 14.8 Å². The number of fused-ring (bicyclic) bond motifs is 1. The zero-order valence-corrected chi connectivity index (χ0v) is 15.0. The summed E-state index contributed by atoms with van der Waals surface area (Å²) in [5.41, 5.74) is 0.630. The highest BCUT2D eigenvalue weighted by Crippen LogP contribution is 2.36. The van der Waals surface area contributed by atoms with E-state index in [1.807, 2.05) is 0 Å². The molecule has 1 saturated heterocycles. The maximum Gasteiger partial charge on any atom is 0.296 e. The maximum atomic E-state index is 12.2. The summed E-state index contributed by atoms with van der Waals surface area (Å²) in [6.45, 7) is 0.168. The average Bonchev–Trinajstić information content (AvgIpc) is 3.22. The number of hydrogen-bond donors (Lipinski definition) is 1. The van der Waals surface area contributed by atoms with Gasteiger partial charge in [0.1, 0.15) is 5.69 Å². The van der Waals surface area contributed by atoms with Gasteiger partial charge in [0, 0.05) is 11.1 Å². The highest BCUT2D eigenvalue weighted by molar-refractivity contribution is 8.18. The van der Waals surface area contributed by atoms with E-state index < -0.39 is 4.92 Å². The van der Waals surface area contributed by atoms with Crippen LogP contribution in [0.5, 0.6) is 11.5 Å². The molecule has 1 N–H and O–H groups in total. The maximum absolute atomic E-state index is 12.2. The summed E-state index contributed by atoms with van der Waals surface area (Å²) in [5, 5.41) is 14.2. The minimum Gasteiger partial charge on any atom is -0.454 e. The van der Waals surface area contributed by atoms with Gasteiger partial charge in [0.05, 0.1) is 9.83 Å². The van der Waals surface area contributed by atoms with Crippen LogP contribution in [0.1, 0.15) is 5.56 Å². The molecular weight excluding hydrogens is 394 g/mol. The molecule has 2 aliphatic rings. The first-order chi connectivity index (χ1) is 13.0. The number of nitrogens with one attached hydrogen (secondary N) is 1. The standard InChI is InChI=1S/C17H10ClN3O5S/c18-10-2-3-11(12(7-10)21(23)24)19-17-20-16(22)15(27-17)6-9-1-4-13-14(5-9)26-8-25-13/h1-7H,8H2,(H,19,20,22)/b15-6+. The Labute approximate surface area is 162 Å². The predicted octanol–water partition coefficient (Wildman–Crippen LogP) is 3.87. The normalized spacial score (nSPS) is 18.2. The van der Waals surface area contributed by atoms with Crippen LogP contribution in [0.15, 0.2) is 46.3 Å². The third-order valence-electron chi connectivity index (χ3n) is 3.70. The zero-order chi connectivity index (χ0) is 19.0. The Kier molecular flexibility index (Phi) is 4.46. The molecule has 0 unspecified atom stereocenters. The molecule has 27 heavy (non-hydrogen) atoms. The second kappa shape index (κ2) is 6.93. The van der Waals surface area contributed by atoms with Crippen LogP contribution in [0.2, 0.25) is 5.02 Å². The van der Waals surface area contributed by atoms with Crippen LogP contribution in [0.25, 0.3) is 6.08 Å². The molecule has 0 saturated carbocycles. The van der Waals surface area contributed by atoms with Crippen molar-refractivity contribution in [2.24, 2.45) is 4.99 Å². The first-order valence-corrected chi connectivity index (χ1v) is 8.82. The summed E-state index contributed by atoms with van der Waals surface area (Å²) in [4.78, 5) is 27.4. The van der Waals surface area contributed by atoms with E-state index in [1.54, 1.807) is 24.3 Å². The Bertz CT molecular complexity index is 1040. The van der Waals surface area contributed by atoms with E-state index in [2.05, 4.69) is 10.3 Å². The lowest BCUT2D eigenvalue weighted by Gasteiger charge is -1.99. The highest BCUT2D eigenvalue weighted by atomic mass is 35.5. The number of halogens is 1. The quantitative estimate of drug-likeness (QED) is 0.474. The number of aliphatic imine (C=N–C) groups is 1. The Morgan fingerprint density at radius 2 is 2.04 bits per heavy atom. The molecule has 0 aromatic heterocycles. The number of rotatable bonds is 3. The number of amidine groups is 1. The molecule has 4 rings (SSSR count).